The maximum absolute atomic E-state index is 16.9. The molecule has 2 saturated heterocycles. The van der Waals surface area contributed by atoms with Gasteiger partial charge in [0.25, 0.3) is 0 Å². The van der Waals surface area contributed by atoms with Gasteiger partial charge in [0.15, 0.2) is 6.17 Å². The predicted octanol–water partition coefficient (Wildman–Crippen LogP) is 9.35. The van der Waals surface area contributed by atoms with Gasteiger partial charge in [-0.15, -0.1) is 0 Å². The summed E-state index contributed by atoms with van der Waals surface area (Å²) in [5, 5.41) is 0. The molecule has 0 amide bonds. The van der Waals surface area contributed by atoms with Gasteiger partial charge in [-0.25, -0.2) is 14.4 Å². The maximum Gasteiger partial charge on any atom is 0.416 e. The van der Waals surface area contributed by atoms with Crippen molar-refractivity contribution in [2.24, 2.45) is 11.3 Å². The molecule has 2 aromatic heterocycles. The van der Waals surface area contributed by atoms with Gasteiger partial charge in [-0.2, -0.15) is 13.2 Å². The van der Waals surface area contributed by atoms with Gasteiger partial charge in [0.1, 0.15) is 5.75 Å². The van der Waals surface area contributed by atoms with E-state index in [-0.39, 0.29) is 34.9 Å². The van der Waals surface area contributed by atoms with Crippen LogP contribution < -0.4 is 14.5 Å². The number of fused-ring (bicyclic) bond motifs is 1. The summed E-state index contributed by atoms with van der Waals surface area (Å²) in [6.45, 7) is 9.62. The number of carbonyl (C=O) groups excluding carboxylic acids is 1. The number of hydrogen-bond acceptors (Lipinski definition) is 9. The molecular formula is C44H51F4N5O4. The van der Waals surface area contributed by atoms with Gasteiger partial charge in [-0.3, -0.25) is 9.78 Å². The van der Waals surface area contributed by atoms with E-state index in [0.717, 1.165) is 66.3 Å². The lowest BCUT2D eigenvalue weighted by molar-refractivity contribution is -0.148. The Balaban J connectivity index is 1.11. The van der Waals surface area contributed by atoms with Crippen LogP contribution >= 0.6 is 0 Å². The Labute approximate surface area is 331 Å². The van der Waals surface area contributed by atoms with E-state index >= 15 is 4.39 Å². The van der Waals surface area contributed by atoms with Gasteiger partial charge in [-0.1, -0.05) is 38.1 Å². The Kier molecular flexibility index (Phi) is 12.0. The second kappa shape index (κ2) is 17.0. The van der Waals surface area contributed by atoms with Crippen LogP contribution in [0.4, 0.5) is 29.2 Å². The van der Waals surface area contributed by atoms with Gasteiger partial charge in [0.2, 0.25) is 5.95 Å². The van der Waals surface area contributed by atoms with E-state index in [1.807, 2.05) is 49.6 Å². The standard InChI is InChI=1S/C44H51F4N5O4/c1-5-56-41(54)31-16-18-52(19-17-31)33-25-49-42(50-26-33)53-20-14-30(15-21-53)40-36(39(45)29-8-10-32(11-9-29)44(46,47)48)22-35-37(51-40)23-43(2,3)24-38(35)57-27-28-6-12-34(55-4)13-7-28/h6-13,22,25-26,30-31,38-39H,5,14-21,23-24,27H2,1-4H3/t38?,39-/m0/s1. The summed E-state index contributed by atoms with van der Waals surface area (Å²) in [7, 11) is 1.62. The number of hydrogen-bond donors (Lipinski definition) is 0. The summed E-state index contributed by atoms with van der Waals surface area (Å²) in [5.41, 5.74) is 3.79. The van der Waals surface area contributed by atoms with E-state index in [1.165, 1.54) is 12.1 Å². The van der Waals surface area contributed by atoms with E-state index < -0.39 is 17.9 Å². The van der Waals surface area contributed by atoms with Crippen molar-refractivity contribution in [3.05, 3.63) is 106 Å². The van der Waals surface area contributed by atoms with Gasteiger partial charge in [-0.05, 0) is 92.3 Å². The Morgan fingerprint density at radius 1 is 0.930 bits per heavy atom. The number of methoxy groups -OCH3 is 1. The minimum atomic E-state index is -4.52. The number of piperidine rings is 2. The highest BCUT2D eigenvalue weighted by Gasteiger charge is 2.38. The largest absolute Gasteiger partial charge is 0.497 e. The third-order valence-electron chi connectivity index (χ3n) is 11.6. The van der Waals surface area contributed by atoms with E-state index in [2.05, 4.69) is 23.6 Å². The van der Waals surface area contributed by atoms with Crippen molar-refractivity contribution < 1.29 is 36.6 Å². The summed E-state index contributed by atoms with van der Waals surface area (Å²) in [6, 6.07) is 13.9. The van der Waals surface area contributed by atoms with Crippen LogP contribution in [0.15, 0.2) is 67.0 Å². The SMILES string of the molecule is CCOC(=O)C1CCN(c2cnc(N3CCC(c4nc5c(cc4[C@@H](F)c4ccc(C(F)(F)F)cc4)C(OCc4ccc(OC)cc4)CC(C)(C)C5)CC3)nc2)CC1. The molecule has 13 heteroatoms. The number of ether oxygens (including phenoxy) is 3. The molecule has 0 bridgehead atoms. The number of aromatic nitrogens is 3. The van der Waals surface area contributed by atoms with Crippen LogP contribution in [0.25, 0.3) is 0 Å². The molecule has 4 heterocycles. The number of nitrogens with zero attached hydrogens (tertiary/aromatic N) is 5. The third kappa shape index (κ3) is 9.35. The summed E-state index contributed by atoms with van der Waals surface area (Å²) < 4.78 is 74.3. The lowest BCUT2D eigenvalue weighted by atomic mass is 9.73. The molecule has 0 spiro atoms. The monoisotopic (exact) mass is 789 g/mol. The molecule has 0 saturated carbocycles. The molecule has 4 aromatic rings. The quantitative estimate of drug-likeness (QED) is 0.109. The summed E-state index contributed by atoms with van der Waals surface area (Å²) >= 11 is 0. The molecule has 1 unspecified atom stereocenters. The van der Waals surface area contributed by atoms with Crippen molar-refractivity contribution >= 4 is 17.6 Å². The molecule has 2 fully saturated rings. The van der Waals surface area contributed by atoms with Crippen molar-refractivity contribution in [3.63, 3.8) is 0 Å². The highest BCUT2D eigenvalue weighted by molar-refractivity contribution is 5.72. The first-order valence-corrected chi connectivity index (χ1v) is 19.9. The Morgan fingerprint density at radius 2 is 1.58 bits per heavy atom. The molecule has 3 aliphatic rings. The topological polar surface area (TPSA) is 89.9 Å². The number of esters is 1. The number of benzene rings is 2. The van der Waals surface area contributed by atoms with Crippen LogP contribution in [-0.4, -0.2) is 60.8 Å². The van der Waals surface area contributed by atoms with Crippen molar-refractivity contribution in [1.29, 1.82) is 0 Å². The van der Waals surface area contributed by atoms with E-state index in [9.17, 15) is 18.0 Å². The first-order chi connectivity index (χ1) is 27.3. The molecule has 0 radical (unpaired) electrons. The van der Waals surface area contributed by atoms with E-state index in [0.29, 0.717) is 69.2 Å². The van der Waals surface area contributed by atoms with Crippen LogP contribution in [0.5, 0.6) is 5.75 Å². The summed E-state index contributed by atoms with van der Waals surface area (Å²) in [6.07, 6.45) is 1.28. The molecular weight excluding hydrogens is 739 g/mol. The Morgan fingerprint density at radius 3 is 2.19 bits per heavy atom. The van der Waals surface area contributed by atoms with Crippen LogP contribution in [0.1, 0.15) is 110 Å². The molecule has 2 aliphatic heterocycles. The number of carbonyl (C=O) groups is 1. The average molecular weight is 790 g/mol. The lowest BCUT2D eigenvalue weighted by Gasteiger charge is -2.38. The van der Waals surface area contributed by atoms with Crippen molar-refractivity contribution in [3.8, 4) is 5.75 Å². The highest BCUT2D eigenvalue weighted by Crippen LogP contribution is 2.46. The zero-order valence-electron chi connectivity index (χ0n) is 33.0. The van der Waals surface area contributed by atoms with Crippen LogP contribution in [0.2, 0.25) is 0 Å². The molecule has 2 atom stereocenters. The zero-order valence-corrected chi connectivity index (χ0v) is 33.0. The van der Waals surface area contributed by atoms with Crippen molar-refractivity contribution in [1.82, 2.24) is 15.0 Å². The molecule has 7 rings (SSSR count). The first-order valence-electron chi connectivity index (χ1n) is 19.9. The highest BCUT2D eigenvalue weighted by atomic mass is 19.4. The lowest BCUT2D eigenvalue weighted by Crippen LogP contribution is -2.37. The molecule has 57 heavy (non-hydrogen) atoms. The minimum Gasteiger partial charge on any atom is -0.497 e. The normalized spacial score (nSPS) is 19.5. The predicted molar refractivity (Wildman–Crippen MR) is 209 cm³/mol. The molecule has 304 valence electrons. The number of alkyl halides is 4. The summed E-state index contributed by atoms with van der Waals surface area (Å²) in [5.74, 6) is 1.07. The smallest absolute Gasteiger partial charge is 0.416 e. The molecule has 2 aromatic carbocycles. The van der Waals surface area contributed by atoms with Gasteiger partial charge in [0.05, 0.1) is 61.7 Å². The van der Waals surface area contributed by atoms with E-state index in [4.69, 9.17) is 29.2 Å². The second-order valence-corrected chi connectivity index (χ2v) is 16.2. The number of anilines is 2. The molecule has 9 nitrogen and oxygen atoms in total. The Bertz CT molecular complexity index is 1980. The summed E-state index contributed by atoms with van der Waals surface area (Å²) in [4.78, 5) is 31.2. The Hall–Kier alpha value is -4.78. The minimum absolute atomic E-state index is 0.0817. The van der Waals surface area contributed by atoms with Crippen molar-refractivity contribution in [2.45, 2.75) is 90.3 Å². The van der Waals surface area contributed by atoms with E-state index in [1.54, 1.807) is 7.11 Å². The van der Waals surface area contributed by atoms with Crippen molar-refractivity contribution in [2.75, 3.05) is 49.7 Å². The third-order valence-corrected chi connectivity index (χ3v) is 11.6. The van der Waals surface area contributed by atoms with Gasteiger partial charge >= 0.3 is 12.1 Å². The number of pyridine rings is 1. The number of rotatable bonds is 11. The van der Waals surface area contributed by atoms with Crippen LogP contribution in [0.3, 0.4) is 0 Å². The number of halogens is 4. The fourth-order valence-corrected chi connectivity index (χ4v) is 8.40. The van der Waals surface area contributed by atoms with Crippen LogP contribution in [0, 0.1) is 11.3 Å². The fourth-order valence-electron chi connectivity index (χ4n) is 8.40. The fraction of sp³-hybridized carbons (Fsp3) is 0.500. The second-order valence-electron chi connectivity index (χ2n) is 16.2. The van der Waals surface area contributed by atoms with Gasteiger partial charge in [0, 0.05) is 48.9 Å². The first kappa shape index (κ1) is 40.4. The van der Waals surface area contributed by atoms with Crippen LogP contribution in [-0.2, 0) is 33.5 Å². The molecule has 1 aliphatic carbocycles. The maximum atomic E-state index is 16.9. The average Bonchev–Trinajstić information content (AvgIpc) is 3.22. The zero-order chi connectivity index (χ0) is 40.3. The molecule has 0 N–H and O–H groups in total. The van der Waals surface area contributed by atoms with Gasteiger partial charge < -0.3 is 24.0 Å².